The Morgan fingerprint density at radius 3 is 1.72 bits per heavy atom. The van der Waals surface area contributed by atoms with E-state index in [1.165, 1.54) is 38.5 Å². The Morgan fingerprint density at radius 1 is 0.739 bits per heavy atom. The Labute approximate surface area is 274 Å². The molecule has 2 saturated carbocycles. The van der Waals surface area contributed by atoms with Gasteiger partial charge >= 0.3 is 11.9 Å². The molecule has 3 amide bonds. The van der Waals surface area contributed by atoms with Crippen molar-refractivity contribution in [3.05, 3.63) is 29.8 Å². The number of anilines is 1. The molecule has 0 unspecified atom stereocenters. The van der Waals surface area contributed by atoms with Crippen LogP contribution < -0.4 is 5.32 Å². The van der Waals surface area contributed by atoms with E-state index < -0.39 is 11.9 Å². The van der Waals surface area contributed by atoms with E-state index >= 15 is 0 Å². The lowest BCUT2D eigenvalue weighted by Gasteiger charge is -2.42. The molecule has 0 bridgehead atoms. The molecule has 2 aliphatic carbocycles. The quantitative estimate of drug-likeness (QED) is 0.164. The van der Waals surface area contributed by atoms with Crippen LogP contribution in [0.5, 0.6) is 0 Å². The number of hydrogen-bond donors (Lipinski definition) is 3. The van der Waals surface area contributed by atoms with Gasteiger partial charge in [-0.05, 0) is 69.5 Å². The number of carboxylic acid groups (broad SMARTS) is 2. The van der Waals surface area contributed by atoms with Crippen molar-refractivity contribution in [1.29, 1.82) is 0 Å². The monoisotopic (exact) mass is 644 g/mol. The number of nitrogens with zero attached hydrogens (tertiary/aromatic N) is 3. The molecule has 0 aliphatic heterocycles. The van der Waals surface area contributed by atoms with Crippen molar-refractivity contribution < 1.29 is 34.2 Å². The fraction of sp³-hybridized carbons (Fsp3) is 0.686. The highest BCUT2D eigenvalue weighted by atomic mass is 16.4. The second kappa shape index (κ2) is 21.3. The molecule has 0 aromatic heterocycles. The van der Waals surface area contributed by atoms with Crippen molar-refractivity contribution in [2.24, 2.45) is 0 Å². The molecule has 0 atom stereocenters. The number of unbranched alkanes of at least 4 members (excludes halogenated alkanes) is 2. The molecular weight excluding hydrogens is 588 g/mol. The number of aliphatic carboxylic acids is 2. The molecule has 3 rings (SSSR count). The van der Waals surface area contributed by atoms with Crippen LogP contribution in [0, 0.1) is 0 Å². The number of hydrogen-bond acceptors (Lipinski definition) is 6. The van der Waals surface area contributed by atoms with Crippen molar-refractivity contribution >= 4 is 35.3 Å². The maximum absolute atomic E-state index is 14.0. The summed E-state index contributed by atoms with van der Waals surface area (Å²) in [4.78, 5) is 64.5. The molecule has 2 fully saturated rings. The molecule has 3 N–H and O–H groups in total. The molecule has 0 saturated heterocycles. The molecule has 0 radical (unpaired) electrons. The first kappa shape index (κ1) is 38.7. The van der Waals surface area contributed by atoms with Gasteiger partial charge in [-0.3, -0.25) is 14.4 Å². The van der Waals surface area contributed by atoms with E-state index in [9.17, 15) is 14.4 Å². The van der Waals surface area contributed by atoms with Crippen LogP contribution in [0.15, 0.2) is 24.3 Å². The molecule has 11 nitrogen and oxygen atoms in total. The Bertz CT molecular complexity index is 1060. The maximum atomic E-state index is 14.0. The average molecular weight is 645 g/mol. The zero-order chi connectivity index (χ0) is 33.9. The Hall–Kier alpha value is -3.47. The lowest BCUT2D eigenvalue weighted by molar-refractivity contribution is -0.159. The van der Waals surface area contributed by atoms with Crippen LogP contribution in [0.2, 0.25) is 0 Å². The number of carboxylic acids is 2. The van der Waals surface area contributed by atoms with Crippen LogP contribution in [-0.4, -0.2) is 99.4 Å². The smallest absolute Gasteiger partial charge is 0.414 e. The SMILES string of the molecule is CCCCCC(=O)Nc1ccc(C(=O)N(CCN(CC)CC)CC(=O)N(C2CCCCC2)C2CCCCC2)cc1.O=C(O)C(=O)O. The van der Waals surface area contributed by atoms with E-state index in [4.69, 9.17) is 19.8 Å². The predicted molar refractivity (Wildman–Crippen MR) is 179 cm³/mol. The fourth-order valence-electron chi connectivity index (χ4n) is 6.36. The maximum Gasteiger partial charge on any atom is 0.414 e. The molecule has 11 heteroatoms. The topological polar surface area (TPSA) is 148 Å². The normalized spacial score (nSPS) is 15.4. The minimum atomic E-state index is -1.82. The molecular formula is C35H56N4O7. The van der Waals surface area contributed by atoms with Gasteiger partial charge in [0.15, 0.2) is 0 Å². The van der Waals surface area contributed by atoms with E-state index in [0.29, 0.717) is 36.3 Å². The summed E-state index contributed by atoms with van der Waals surface area (Å²) >= 11 is 0. The van der Waals surface area contributed by atoms with Crippen molar-refractivity contribution in [1.82, 2.24) is 14.7 Å². The van der Waals surface area contributed by atoms with Gasteiger partial charge in [0, 0.05) is 42.8 Å². The van der Waals surface area contributed by atoms with E-state index in [0.717, 1.165) is 64.6 Å². The molecule has 1 aromatic carbocycles. The lowest BCUT2D eigenvalue weighted by Crippen LogP contribution is -2.53. The van der Waals surface area contributed by atoms with Crippen molar-refractivity contribution in [2.45, 2.75) is 123 Å². The summed E-state index contributed by atoms with van der Waals surface area (Å²) in [7, 11) is 0. The highest BCUT2D eigenvalue weighted by Gasteiger charge is 2.34. The number of likely N-dealkylation sites (N-methyl/N-ethyl adjacent to an activating group) is 1. The van der Waals surface area contributed by atoms with E-state index in [1.54, 1.807) is 29.2 Å². The molecule has 0 heterocycles. The first-order valence-corrected chi connectivity index (χ1v) is 17.3. The summed E-state index contributed by atoms with van der Waals surface area (Å²) in [5, 5.41) is 17.7. The first-order valence-electron chi connectivity index (χ1n) is 17.3. The number of benzene rings is 1. The van der Waals surface area contributed by atoms with Gasteiger partial charge in [-0.25, -0.2) is 9.59 Å². The van der Waals surface area contributed by atoms with Crippen LogP contribution in [0.1, 0.15) is 121 Å². The third-order valence-corrected chi connectivity index (χ3v) is 9.02. The van der Waals surface area contributed by atoms with Gasteiger partial charge in [0.2, 0.25) is 11.8 Å². The zero-order valence-corrected chi connectivity index (χ0v) is 28.2. The zero-order valence-electron chi connectivity index (χ0n) is 28.2. The second-order valence-corrected chi connectivity index (χ2v) is 12.3. The molecule has 1 aromatic rings. The third kappa shape index (κ3) is 13.5. The molecule has 258 valence electrons. The minimum absolute atomic E-state index is 0.00416. The Morgan fingerprint density at radius 2 is 1.26 bits per heavy atom. The standard InChI is InChI=1S/C33H54N4O3.C2H2O4/c1-4-7-10-19-31(38)34-28-22-20-27(21-23-28)33(40)36(25-24-35(5-2)6-3)26-32(39)37(29-15-11-8-12-16-29)30-17-13-9-14-18-30;3-1(4)2(5)6/h20-23,29-30H,4-19,24-26H2,1-3H3,(H,34,38);(H,3,4)(H,5,6). The first-order chi connectivity index (χ1) is 22.1. The van der Waals surface area contributed by atoms with Gasteiger partial charge in [0.05, 0.1) is 0 Å². The second-order valence-electron chi connectivity index (χ2n) is 12.3. The van der Waals surface area contributed by atoms with Crippen LogP contribution in [-0.2, 0) is 19.2 Å². The summed E-state index contributed by atoms with van der Waals surface area (Å²) in [5.74, 6) is -3.65. The molecule has 46 heavy (non-hydrogen) atoms. The highest BCUT2D eigenvalue weighted by Crippen LogP contribution is 2.30. The van der Waals surface area contributed by atoms with Crippen molar-refractivity contribution in [3.8, 4) is 0 Å². The van der Waals surface area contributed by atoms with Crippen molar-refractivity contribution in [3.63, 3.8) is 0 Å². The highest BCUT2D eigenvalue weighted by molar-refractivity contribution is 6.27. The van der Waals surface area contributed by atoms with E-state index in [2.05, 4.69) is 35.9 Å². The number of carbonyl (C=O) groups excluding carboxylic acids is 3. The number of rotatable bonds is 15. The van der Waals surface area contributed by atoms with Crippen LogP contribution in [0.3, 0.4) is 0 Å². The summed E-state index contributed by atoms with van der Waals surface area (Å²) in [6, 6.07) is 7.77. The molecule has 0 spiro atoms. The summed E-state index contributed by atoms with van der Waals surface area (Å²) in [6.45, 7) is 9.59. The van der Waals surface area contributed by atoms with Gasteiger partial charge in [-0.1, -0.05) is 72.1 Å². The van der Waals surface area contributed by atoms with Crippen LogP contribution in [0.25, 0.3) is 0 Å². The molecule has 2 aliphatic rings. The summed E-state index contributed by atoms with van der Waals surface area (Å²) in [5.41, 5.74) is 1.25. The largest absolute Gasteiger partial charge is 0.473 e. The Balaban J connectivity index is 0.00000112. The van der Waals surface area contributed by atoms with Gasteiger partial charge in [0.25, 0.3) is 5.91 Å². The van der Waals surface area contributed by atoms with Gasteiger partial charge in [0.1, 0.15) is 6.54 Å². The van der Waals surface area contributed by atoms with Gasteiger partial charge in [-0.15, -0.1) is 0 Å². The lowest BCUT2D eigenvalue weighted by atomic mass is 9.88. The third-order valence-electron chi connectivity index (χ3n) is 9.02. The number of carbonyl (C=O) groups is 5. The number of nitrogens with one attached hydrogen (secondary N) is 1. The number of amides is 3. The minimum Gasteiger partial charge on any atom is -0.473 e. The van der Waals surface area contributed by atoms with Gasteiger partial charge < -0.3 is 30.2 Å². The predicted octanol–water partition coefficient (Wildman–Crippen LogP) is 5.64. The van der Waals surface area contributed by atoms with Crippen LogP contribution >= 0.6 is 0 Å². The van der Waals surface area contributed by atoms with E-state index in [-0.39, 0.29) is 24.3 Å². The summed E-state index contributed by atoms with van der Waals surface area (Å²) in [6.07, 6.45) is 15.1. The van der Waals surface area contributed by atoms with Crippen LogP contribution in [0.4, 0.5) is 5.69 Å². The summed E-state index contributed by atoms with van der Waals surface area (Å²) < 4.78 is 0. The Kier molecular flexibility index (Phi) is 18.0. The van der Waals surface area contributed by atoms with Gasteiger partial charge in [-0.2, -0.15) is 0 Å². The average Bonchev–Trinajstić information content (AvgIpc) is 3.06. The van der Waals surface area contributed by atoms with E-state index in [1.807, 2.05) is 0 Å². The van der Waals surface area contributed by atoms with Crippen molar-refractivity contribution in [2.75, 3.05) is 38.0 Å². The fourth-order valence-corrected chi connectivity index (χ4v) is 6.36.